The van der Waals surface area contributed by atoms with E-state index in [1.165, 1.54) is 32.4 Å². The molecule has 0 bridgehead atoms. The number of nitrogens with zero attached hydrogens (tertiary/aromatic N) is 1. The second kappa shape index (κ2) is 9.80. The van der Waals surface area contributed by atoms with E-state index < -0.39 is 0 Å². The number of anilines is 1. The molecule has 1 N–H and O–H groups in total. The number of carbonyl (C=O) groups excluding carboxylic acids is 1. The molecule has 1 aliphatic heterocycles. The first-order chi connectivity index (χ1) is 10.2. The quantitative estimate of drug-likeness (QED) is 0.815. The normalized spacial score (nSPS) is 15.0. The second-order valence-corrected chi connectivity index (χ2v) is 5.51. The standard InChI is InChI=1S/C15H21ClN2O.C2H6/c1-12(19)14-6-5-13(16)11-15(14)17-7-10-18-8-3-2-4-9-18;1-2/h5-6,11,17H,2-4,7-10H2,1H3;1-2H3. The van der Waals surface area contributed by atoms with Crippen LogP contribution in [0, 0.1) is 0 Å². The Morgan fingerprint density at radius 3 is 2.52 bits per heavy atom. The Balaban J connectivity index is 0.00000106. The third-order valence-electron chi connectivity index (χ3n) is 3.55. The van der Waals surface area contributed by atoms with Crippen LogP contribution >= 0.6 is 11.6 Å². The number of hydrogen-bond acceptors (Lipinski definition) is 3. The summed E-state index contributed by atoms with van der Waals surface area (Å²) in [6, 6.07) is 5.37. The molecule has 0 spiro atoms. The molecule has 1 aromatic carbocycles. The molecule has 0 saturated carbocycles. The third-order valence-corrected chi connectivity index (χ3v) is 3.79. The maximum atomic E-state index is 11.5. The summed E-state index contributed by atoms with van der Waals surface area (Å²) in [5.74, 6) is 0.0668. The van der Waals surface area contributed by atoms with Crippen LogP contribution in [-0.4, -0.2) is 36.9 Å². The Kier molecular flexibility index (Phi) is 8.40. The van der Waals surface area contributed by atoms with Crippen LogP contribution < -0.4 is 5.32 Å². The first-order valence-corrected chi connectivity index (χ1v) is 8.31. The van der Waals surface area contributed by atoms with Crippen LogP contribution in [0.5, 0.6) is 0 Å². The molecular weight excluding hydrogens is 284 g/mol. The van der Waals surface area contributed by atoms with Crippen molar-refractivity contribution in [3.63, 3.8) is 0 Å². The van der Waals surface area contributed by atoms with Gasteiger partial charge >= 0.3 is 0 Å². The van der Waals surface area contributed by atoms with E-state index in [0.717, 1.165) is 18.8 Å². The van der Waals surface area contributed by atoms with Crippen molar-refractivity contribution in [1.82, 2.24) is 4.90 Å². The lowest BCUT2D eigenvalue weighted by Crippen LogP contribution is -2.33. The number of carbonyl (C=O) groups is 1. The highest BCUT2D eigenvalue weighted by Gasteiger charge is 2.11. The number of rotatable bonds is 5. The highest BCUT2D eigenvalue weighted by molar-refractivity contribution is 6.31. The van der Waals surface area contributed by atoms with Gasteiger partial charge in [0.1, 0.15) is 0 Å². The number of ketones is 1. The van der Waals surface area contributed by atoms with Gasteiger partial charge in [-0.1, -0.05) is 31.9 Å². The average molecular weight is 311 g/mol. The summed E-state index contributed by atoms with van der Waals surface area (Å²) < 4.78 is 0. The van der Waals surface area contributed by atoms with Crippen molar-refractivity contribution in [1.29, 1.82) is 0 Å². The van der Waals surface area contributed by atoms with E-state index >= 15 is 0 Å². The first kappa shape index (κ1) is 18.0. The van der Waals surface area contributed by atoms with E-state index in [9.17, 15) is 4.79 Å². The minimum absolute atomic E-state index is 0.0668. The zero-order chi connectivity index (χ0) is 15.7. The molecule has 1 fully saturated rings. The van der Waals surface area contributed by atoms with Gasteiger partial charge in [0.25, 0.3) is 0 Å². The number of piperidine rings is 1. The molecule has 1 aliphatic rings. The monoisotopic (exact) mass is 310 g/mol. The summed E-state index contributed by atoms with van der Waals surface area (Å²) >= 11 is 5.99. The summed E-state index contributed by atoms with van der Waals surface area (Å²) in [6.45, 7) is 9.83. The minimum Gasteiger partial charge on any atom is -0.383 e. The number of nitrogens with one attached hydrogen (secondary N) is 1. The van der Waals surface area contributed by atoms with Crippen LogP contribution in [0.4, 0.5) is 5.69 Å². The number of hydrogen-bond donors (Lipinski definition) is 1. The predicted octanol–water partition coefficient (Wildman–Crippen LogP) is 4.47. The molecular formula is C17H27ClN2O. The molecule has 0 amide bonds. The molecule has 21 heavy (non-hydrogen) atoms. The summed E-state index contributed by atoms with van der Waals surface area (Å²) in [6.07, 6.45) is 3.96. The lowest BCUT2D eigenvalue weighted by Gasteiger charge is -2.26. The lowest BCUT2D eigenvalue weighted by molar-refractivity contribution is 0.101. The highest BCUT2D eigenvalue weighted by atomic mass is 35.5. The van der Waals surface area contributed by atoms with E-state index in [2.05, 4.69) is 10.2 Å². The van der Waals surface area contributed by atoms with Gasteiger partial charge in [0, 0.05) is 29.4 Å². The molecule has 118 valence electrons. The fourth-order valence-electron chi connectivity index (χ4n) is 2.50. The van der Waals surface area contributed by atoms with Crippen molar-refractivity contribution in [3.8, 4) is 0 Å². The molecule has 1 aromatic rings. The summed E-state index contributed by atoms with van der Waals surface area (Å²) in [5, 5.41) is 3.99. The van der Waals surface area contributed by atoms with Crippen LogP contribution in [0.15, 0.2) is 18.2 Å². The van der Waals surface area contributed by atoms with Crippen LogP contribution in [0.2, 0.25) is 5.02 Å². The summed E-state index contributed by atoms with van der Waals surface area (Å²) in [4.78, 5) is 14.0. The van der Waals surface area contributed by atoms with E-state index in [0.29, 0.717) is 10.6 Å². The predicted molar refractivity (Wildman–Crippen MR) is 91.6 cm³/mol. The zero-order valence-electron chi connectivity index (χ0n) is 13.4. The average Bonchev–Trinajstić information content (AvgIpc) is 2.50. The van der Waals surface area contributed by atoms with Crippen LogP contribution in [-0.2, 0) is 0 Å². The van der Waals surface area contributed by atoms with E-state index in [4.69, 9.17) is 11.6 Å². The second-order valence-electron chi connectivity index (χ2n) is 5.08. The fourth-order valence-corrected chi connectivity index (χ4v) is 2.67. The highest BCUT2D eigenvalue weighted by Crippen LogP contribution is 2.21. The largest absolute Gasteiger partial charge is 0.383 e. The Labute approximate surface area is 133 Å². The van der Waals surface area contributed by atoms with Gasteiger partial charge < -0.3 is 10.2 Å². The van der Waals surface area contributed by atoms with Crippen LogP contribution in [0.1, 0.15) is 50.4 Å². The molecule has 4 heteroatoms. The van der Waals surface area contributed by atoms with Crippen molar-refractivity contribution in [2.45, 2.75) is 40.0 Å². The number of benzene rings is 1. The first-order valence-electron chi connectivity index (χ1n) is 7.93. The molecule has 1 heterocycles. The molecule has 0 radical (unpaired) electrons. The summed E-state index contributed by atoms with van der Waals surface area (Å²) in [7, 11) is 0. The smallest absolute Gasteiger partial charge is 0.161 e. The molecule has 3 nitrogen and oxygen atoms in total. The molecule has 0 aromatic heterocycles. The van der Waals surface area contributed by atoms with Gasteiger partial charge in [-0.05, 0) is 51.1 Å². The van der Waals surface area contributed by atoms with Crippen molar-refractivity contribution < 1.29 is 4.79 Å². The van der Waals surface area contributed by atoms with Gasteiger partial charge in [-0.3, -0.25) is 4.79 Å². The van der Waals surface area contributed by atoms with E-state index in [-0.39, 0.29) is 5.78 Å². The van der Waals surface area contributed by atoms with E-state index in [1.54, 1.807) is 19.1 Å². The zero-order valence-corrected chi connectivity index (χ0v) is 14.2. The number of Topliss-reactive ketones (excluding diaryl/α,β-unsaturated/α-hetero) is 1. The van der Waals surface area contributed by atoms with Crippen molar-refractivity contribution in [3.05, 3.63) is 28.8 Å². The van der Waals surface area contributed by atoms with Gasteiger partial charge in [0.2, 0.25) is 0 Å². The third kappa shape index (κ3) is 6.06. The Morgan fingerprint density at radius 1 is 1.24 bits per heavy atom. The van der Waals surface area contributed by atoms with Gasteiger partial charge in [-0.15, -0.1) is 0 Å². The van der Waals surface area contributed by atoms with Crippen molar-refractivity contribution in [2.24, 2.45) is 0 Å². The van der Waals surface area contributed by atoms with Crippen molar-refractivity contribution >= 4 is 23.1 Å². The topological polar surface area (TPSA) is 32.3 Å². The Morgan fingerprint density at radius 2 is 1.90 bits per heavy atom. The Bertz CT molecular complexity index is 442. The minimum atomic E-state index is 0.0668. The fraction of sp³-hybridized carbons (Fsp3) is 0.588. The number of halogens is 1. The summed E-state index contributed by atoms with van der Waals surface area (Å²) in [5.41, 5.74) is 1.56. The SMILES string of the molecule is CC.CC(=O)c1ccc(Cl)cc1NCCN1CCCCC1. The maximum Gasteiger partial charge on any atom is 0.161 e. The number of likely N-dealkylation sites (tertiary alicyclic amines) is 1. The van der Waals surface area contributed by atoms with Crippen LogP contribution in [0.25, 0.3) is 0 Å². The van der Waals surface area contributed by atoms with Crippen LogP contribution in [0.3, 0.4) is 0 Å². The molecule has 1 saturated heterocycles. The van der Waals surface area contributed by atoms with E-state index in [1.807, 2.05) is 19.9 Å². The van der Waals surface area contributed by atoms with Gasteiger partial charge in [-0.25, -0.2) is 0 Å². The maximum absolute atomic E-state index is 11.5. The van der Waals surface area contributed by atoms with Gasteiger partial charge in [0.15, 0.2) is 5.78 Å². The molecule has 0 atom stereocenters. The Hall–Kier alpha value is -1.06. The van der Waals surface area contributed by atoms with Crippen molar-refractivity contribution in [2.75, 3.05) is 31.5 Å². The molecule has 0 unspecified atom stereocenters. The van der Waals surface area contributed by atoms with Gasteiger partial charge in [0.05, 0.1) is 0 Å². The molecule has 2 rings (SSSR count). The molecule has 0 aliphatic carbocycles. The lowest BCUT2D eigenvalue weighted by atomic mass is 10.1. The van der Waals surface area contributed by atoms with Gasteiger partial charge in [-0.2, -0.15) is 0 Å².